The summed E-state index contributed by atoms with van der Waals surface area (Å²) in [6, 6.07) is 11.6. The summed E-state index contributed by atoms with van der Waals surface area (Å²) in [5.41, 5.74) is 0.984. The highest BCUT2D eigenvalue weighted by atomic mass is 32.2. The zero-order valence-corrected chi connectivity index (χ0v) is 12.1. The molecule has 2 aromatic rings. The van der Waals surface area contributed by atoms with Crippen molar-refractivity contribution in [3.05, 3.63) is 58.0 Å². The molecule has 2 rings (SSSR count). The van der Waals surface area contributed by atoms with E-state index in [2.05, 4.69) is 0 Å². The van der Waals surface area contributed by atoms with Crippen molar-refractivity contribution in [3.8, 4) is 0 Å². The molecule has 0 radical (unpaired) electrons. The van der Waals surface area contributed by atoms with Crippen LogP contribution in [0.15, 0.2) is 51.0 Å². The summed E-state index contributed by atoms with van der Waals surface area (Å²) in [6.07, 6.45) is 0. The molecule has 0 bridgehead atoms. The number of hydrogen-bond acceptors (Lipinski definition) is 3. The number of aliphatic carboxylic acids is 1. The van der Waals surface area contributed by atoms with E-state index < -0.39 is 5.97 Å². The molecular weight excluding hydrogens is 274 g/mol. The van der Waals surface area contributed by atoms with Gasteiger partial charge < -0.3 is 9.67 Å². The number of nitrogens with zero attached hydrogens (tertiary/aromatic N) is 1. The molecule has 0 saturated heterocycles. The lowest BCUT2D eigenvalue weighted by atomic mass is 10.2. The molecule has 5 heteroatoms. The van der Waals surface area contributed by atoms with Crippen LogP contribution < -0.4 is 5.56 Å². The third-order valence-electron chi connectivity index (χ3n) is 2.97. The smallest absolute Gasteiger partial charge is 0.323 e. The average molecular weight is 289 g/mol. The Balaban J connectivity index is 2.42. The summed E-state index contributed by atoms with van der Waals surface area (Å²) in [4.78, 5) is 24.9. The number of carboxylic acids is 1. The molecule has 0 saturated carbocycles. The van der Waals surface area contributed by atoms with Crippen molar-refractivity contribution in [3.63, 3.8) is 0 Å². The molecule has 0 fully saturated rings. The minimum absolute atomic E-state index is 0.245. The Labute approximate surface area is 121 Å². The Morgan fingerprint density at radius 3 is 2.50 bits per heavy atom. The van der Waals surface area contributed by atoms with Crippen LogP contribution in [-0.4, -0.2) is 15.6 Å². The van der Waals surface area contributed by atoms with Gasteiger partial charge in [0.2, 0.25) is 0 Å². The van der Waals surface area contributed by atoms with Crippen LogP contribution in [0.2, 0.25) is 0 Å². The maximum Gasteiger partial charge on any atom is 0.323 e. The highest BCUT2D eigenvalue weighted by Gasteiger charge is 2.12. The van der Waals surface area contributed by atoms with Crippen molar-refractivity contribution in [1.29, 1.82) is 0 Å². The molecule has 0 aliphatic rings. The minimum atomic E-state index is -1.02. The first-order valence-corrected chi connectivity index (χ1v) is 6.96. The van der Waals surface area contributed by atoms with E-state index in [-0.39, 0.29) is 12.1 Å². The molecular formula is C15H15NO3S. The lowest BCUT2D eigenvalue weighted by Gasteiger charge is -2.12. The Bertz CT molecular complexity index is 692. The van der Waals surface area contributed by atoms with E-state index in [1.165, 1.54) is 16.3 Å². The van der Waals surface area contributed by atoms with Gasteiger partial charge in [0.25, 0.3) is 5.56 Å². The second kappa shape index (κ2) is 5.96. The maximum atomic E-state index is 12.2. The molecule has 0 amide bonds. The van der Waals surface area contributed by atoms with Gasteiger partial charge in [-0.1, -0.05) is 30.0 Å². The average Bonchev–Trinajstić information content (AvgIpc) is 2.42. The van der Waals surface area contributed by atoms with Gasteiger partial charge in [-0.05, 0) is 32.0 Å². The van der Waals surface area contributed by atoms with E-state index in [0.29, 0.717) is 11.3 Å². The number of benzene rings is 1. The van der Waals surface area contributed by atoms with E-state index in [1.807, 2.05) is 36.4 Å². The predicted molar refractivity (Wildman–Crippen MR) is 78.4 cm³/mol. The molecule has 104 valence electrons. The summed E-state index contributed by atoms with van der Waals surface area (Å²) in [6.45, 7) is 3.17. The van der Waals surface area contributed by atoms with Crippen LogP contribution in [0.5, 0.6) is 0 Å². The van der Waals surface area contributed by atoms with Crippen molar-refractivity contribution in [2.24, 2.45) is 0 Å². The largest absolute Gasteiger partial charge is 0.480 e. The van der Waals surface area contributed by atoms with Crippen molar-refractivity contribution in [2.75, 3.05) is 0 Å². The van der Waals surface area contributed by atoms with Crippen molar-refractivity contribution in [1.82, 2.24) is 4.57 Å². The number of aryl methyl sites for hydroxylation is 1. The van der Waals surface area contributed by atoms with E-state index in [4.69, 9.17) is 5.11 Å². The molecule has 4 nitrogen and oxygen atoms in total. The van der Waals surface area contributed by atoms with E-state index in [1.54, 1.807) is 13.8 Å². The van der Waals surface area contributed by atoms with E-state index in [9.17, 15) is 9.59 Å². The second-order valence-corrected chi connectivity index (χ2v) is 5.59. The predicted octanol–water partition coefficient (Wildman–Crippen LogP) is 2.70. The third-order valence-corrected chi connectivity index (χ3v) is 4.12. The Hall–Kier alpha value is -2.01. The van der Waals surface area contributed by atoms with Gasteiger partial charge in [-0.25, -0.2) is 0 Å². The van der Waals surface area contributed by atoms with Gasteiger partial charge >= 0.3 is 5.97 Å². The number of hydrogen-bond donors (Lipinski definition) is 1. The Morgan fingerprint density at radius 1 is 1.25 bits per heavy atom. The summed E-state index contributed by atoms with van der Waals surface area (Å²) in [5, 5.41) is 8.85. The third kappa shape index (κ3) is 3.11. The van der Waals surface area contributed by atoms with E-state index in [0.717, 1.165) is 9.79 Å². The summed E-state index contributed by atoms with van der Waals surface area (Å²) in [7, 11) is 0. The summed E-state index contributed by atoms with van der Waals surface area (Å²) < 4.78 is 1.28. The number of aromatic nitrogens is 1. The number of carbonyl (C=O) groups is 1. The first kappa shape index (κ1) is 14.4. The first-order chi connectivity index (χ1) is 9.49. The van der Waals surface area contributed by atoms with Crippen LogP contribution >= 0.6 is 11.8 Å². The van der Waals surface area contributed by atoms with Crippen LogP contribution in [-0.2, 0) is 11.3 Å². The lowest BCUT2D eigenvalue weighted by Crippen LogP contribution is -2.28. The molecule has 0 spiro atoms. The van der Waals surface area contributed by atoms with Crippen LogP contribution in [0.4, 0.5) is 0 Å². The van der Waals surface area contributed by atoms with Gasteiger partial charge in [-0.2, -0.15) is 0 Å². The SMILES string of the molecule is Cc1c(Sc2ccccc2)cc(C)n(CC(=O)O)c1=O. The molecule has 1 N–H and O–H groups in total. The molecule has 0 aliphatic carbocycles. The molecule has 20 heavy (non-hydrogen) atoms. The number of rotatable bonds is 4. The molecule has 1 heterocycles. The van der Waals surface area contributed by atoms with Gasteiger partial charge in [0, 0.05) is 21.0 Å². The second-order valence-electron chi connectivity index (χ2n) is 4.48. The molecule has 0 aliphatic heterocycles. The minimum Gasteiger partial charge on any atom is -0.480 e. The highest BCUT2D eigenvalue weighted by molar-refractivity contribution is 7.99. The van der Waals surface area contributed by atoms with Crippen LogP contribution in [0, 0.1) is 13.8 Å². The topological polar surface area (TPSA) is 59.3 Å². The quantitative estimate of drug-likeness (QED) is 0.940. The monoisotopic (exact) mass is 289 g/mol. The molecule has 0 unspecified atom stereocenters. The Morgan fingerprint density at radius 2 is 1.90 bits per heavy atom. The fourth-order valence-corrected chi connectivity index (χ4v) is 2.91. The molecule has 1 aromatic heterocycles. The molecule has 1 aromatic carbocycles. The lowest BCUT2D eigenvalue weighted by molar-refractivity contribution is -0.137. The number of carboxylic acid groups (broad SMARTS) is 1. The zero-order chi connectivity index (χ0) is 14.7. The van der Waals surface area contributed by atoms with Crippen LogP contribution in [0.1, 0.15) is 11.3 Å². The van der Waals surface area contributed by atoms with Gasteiger partial charge in [-0.3, -0.25) is 9.59 Å². The van der Waals surface area contributed by atoms with Crippen molar-refractivity contribution < 1.29 is 9.90 Å². The van der Waals surface area contributed by atoms with Crippen molar-refractivity contribution >= 4 is 17.7 Å². The van der Waals surface area contributed by atoms with Gasteiger partial charge in [0.15, 0.2) is 0 Å². The van der Waals surface area contributed by atoms with Crippen molar-refractivity contribution in [2.45, 2.75) is 30.2 Å². The Kier molecular flexibility index (Phi) is 4.29. The zero-order valence-electron chi connectivity index (χ0n) is 11.3. The highest BCUT2D eigenvalue weighted by Crippen LogP contribution is 2.29. The summed E-state index contributed by atoms with van der Waals surface area (Å²) in [5.74, 6) is -1.02. The first-order valence-electron chi connectivity index (χ1n) is 6.15. The van der Waals surface area contributed by atoms with Crippen LogP contribution in [0.3, 0.4) is 0 Å². The number of pyridine rings is 1. The maximum absolute atomic E-state index is 12.2. The van der Waals surface area contributed by atoms with E-state index >= 15 is 0 Å². The van der Waals surface area contributed by atoms with Gasteiger partial charge in [0.1, 0.15) is 6.54 Å². The van der Waals surface area contributed by atoms with Gasteiger partial charge in [-0.15, -0.1) is 0 Å². The standard InChI is InChI=1S/C15H15NO3S/c1-10-8-13(20-12-6-4-3-5-7-12)11(2)15(19)16(10)9-14(17)18/h3-8H,9H2,1-2H3,(H,17,18). The summed E-state index contributed by atoms with van der Waals surface area (Å²) >= 11 is 1.51. The van der Waals surface area contributed by atoms with Crippen LogP contribution in [0.25, 0.3) is 0 Å². The molecule has 0 atom stereocenters. The normalized spacial score (nSPS) is 10.5. The fourth-order valence-electron chi connectivity index (χ4n) is 1.90. The van der Waals surface area contributed by atoms with Gasteiger partial charge in [0.05, 0.1) is 0 Å². The fraction of sp³-hybridized carbons (Fsp3) is 0.200.